The summed E-state index contributed by atoms with van der Waals surface area (Å²) in [4.78, 5) is 2.37. The Kier molecular flexibility index (Phi) is 4.02. The molecule has 1 aliphatic heterocycles. The Labute approximate surface area is 125 Å². The maximum atomic E-state index is 14.0. The fourth-order valence-corrected chi connectivity index (χ4v) is 3.50. The van der Waals surface area contributed by atoms with Crippen LogP contribution in [0.25, 0.3) is 0 Å². The predicted octanol–water partition coefficient (Wildman–Crippen LogP) is 3.32. The number of rotatable bonds is 4. The molecule has 1 saturated heterocycles. The fourth-order valence-electron chi connectivity index (χ4n) is 3.50. The third kappa shape index (κ3) is 2.97. The topological polar surface area (TPSA) is 15.3 Å². The molecule has 1 saturated carbocycles. The maximum Gasteiger partial charge on any atom is 0.127 e. The Bertz CT molecular complexity index is 516. The Morgan fingerprint density at radius 1 is 1.33 bits per heavy atom. The number of nitrogens with one attached hydrogen (secondary N) is 1. The highest BCUT2D eigenvalue weighted by atomic mass is 19.1. The summed E-state index contributed by atoms with van der Waals surface area (Å²) in [5.41, 5.74) is 0.531. The zero-order valence-electron chi connectivity index (χ0n) is 12.8. The average molecular weight is 294 g/mol. The summed E-state index contributed by atoms with van der Waals surface area (Å²) < 4.78 is 27.4. The van der Waals surface area contributed by atoms with Gasteiger partial charge in [-0.05, 0) is 50.3 Å². The van der Waals surface area contributed by atoms with Gasteiger partial charge in [-0.1, -0.05) is 6.92 Å². The molecule has 0 amide bonds. The minimum atomic E-state index is -0.360. The van der Waals surface area contributed by atoms with E-state index >= 15 is 0 Å². The molecule has 0 aromatic heterocycles. The van der Waals surface area contributed by atoms with Crippen molar-refractivity contribution < 1.29 is 8.78 Å². The van der Waals surface area contributed by atoms with Crippen LogP contribution in [0.1, 0.15) is 38.7 Å². The highest BCUT2D eigenvalue weighted by molar-refractivity contribution is 5.20. The molecular weight excluding hydrogens is 270 g/mol. The van der Waals surface area contributed by atoms with Crippen LogP contribution in [-0.4, -0.2) is 29.6 Å². The first-order valence-electron chi connectivity index (χ1n) is 7.95. The zero-order valence-corrected chi connectivity index (χ0v) is 12.8. The van der Waals surface area contributed by atoms with E-state index in [-0.39, 0.29) is 17.2 Å². The molecule has 0 spiro atoms. The smallest absolute Gasteiger partial charge is 0.127 e. The van der Waals surface area contributed by atoms with Crippen LogP contribution in [-0.2, 0) is 6.54 Å². The summed E-state index contributed by atoms with van der Waals surface area (Å²) in [7, 11) is 0. The molecule has 2 fully saturated rings. The number of hydrogen-bond donors (Lipinski definition) is 1. The molecule has 2 aliphatic rings. The van der Waals surface area contributed by atoms with Gasteiger partial charge in [-0.2, -0.15) is 0 Å². The van der Waals surface area contributed by atoms with Crippen molar-refractivity contribution >= 4 is 0 Å². The van der Waals surface area contributed by atoms with Gasteiger partial charge in [0.1, 0.15) is 11.6 Å². The molecule has 1 aromatic carbocycles. The SMILES string of the molecule is CCC1CN(Cc2cc(F)ccc2F)C(C)(C2CC2)CN1. The molecule has 1 heterocycles. The number of benzene rings is 1. The number of piperazine rings is 1. The van der Waals surface area contributed by atoms with Crippen molar-refractivity contribution in [3.63, 3.8) is 0 Å². The third-order valence-electron chi connectivity index (χ3n) is 5.23. The lowest BCUT2D eigenvalue weighted by atomic mass is 9.88. The molecule has 2 nitrogen and oxygen atoms in total. The maximum absolute atomic E-state index is 14.0. The molecule has 0 radical (unpaired) electrons. The second-order valence-electron chi connectivity index (χ2n) is 6.73. The second-order valence-corrected chi connectivity index (χ2v) is 6.73. The zero-order chi connectivity index (χ0) is 15.0. The van der Waals surface area contributed by atoms with Gasteiger partial charge in [0.15, 0.2) is 0 Å². The minimum absolute atomic E-state index is 0.0599. The van der Waals surface area contributed by atoms with Crippen molar-refractivity contribution in [1.82, 2.24) is 10.2 Å². The van der Waals surface area contributed by atoms with Crippen LogP contribution in [0.5, 0.6) is 0 Å². The number of hydrogen-bond acceptors (Lipinski definition) is 2. The second kappa shape index (κ2) is 5.65. The Morgan fingerprint density at radius 2 is 2.10 bits per heavy atom. The molecule has 1 aromatic rings. The summed E-state index contributed by atoms with van der Waals surface area (Å²) in [6.45, 7) is 6.76. The minimum Gasteiger partial charge on any atom is -0.311 e. The summed E-state index contributed by atoms with van der Waals surface area (Å²) in [5.74, 6) is 0.0160. The van der Waals surface area contributed by atoms with Gasteiger partial charge in [-0.25, -0.2) is 8.78 Å². The first-order chi connectivity index (χ1) is 10.0. The summed E-state index contributed by atoms with van der Waals surface area (Å²) in [6, 6.07) is 4.20. The van der Waals surface area contributed by atoms with Crippen LogP contribution >= 0.6 is 0 Å². The largest absolute Gasteiger partial charge is 0.311 e. The van der Waals surface area contributed by atoms with Crippen LogP contribution in [0.4, 0.5) is 8.78 Å². The number of halogens is 2. The molecule has 21 heavy (non-hydrogen) atoms. The van der Waals surface area contributed by atoms with Gasteiger partial charge in [0.2, 0.25) is 0 Å². The van der Waals surface area contributed by atoms with E-state index in [1.165, 1.54) is 31.0 Å². The van der Waals surface area contributed by atoms with Crippen molar-refractivity contribution in [2.75, 3.05) is 13.1 Å². The molecule has 1 aliphatic carbocycles. The monoisotopic (exact) mass is 294 g/mol. The summed E-state index contributed by atoms with van der Waals surface area (Å²) in [6.07, 6.45) is 3.55. The van der Waals surface area contributed by atoms with Crippen LogP contribution in [0.2, 0.25) is 0 Å². The van der Waals surface area contributed by atoms with Crippen molar-refractivity contribution in [2.24, 2.45) is 5.92 Å². The summed E-state index contributed by atoms with van der Waals surface area (Å²) in [5, 5.41) is 3.61. The van der Waals surface area contributed by atoms with Gasteiger partial charge in [0.05, 0.1) is 0 Å². The van der Waals surface area contributed by atoms with Gasteiger partial charge in [0.25, 0.3) is 0 Å². The van der Waals surface area contributed by atoms with Gasteiger partial charge >= 0.3 is 0 Å². The summed E-state index contributed by atoms with van der Waals surface area (Å²) >= 11 is 0. The molecule has 2 unspecified atom stereocenters. The van der Waals surface area contributed by atoms with Crippen LogP contribution < -0.4 is 5.32 Å². The van der Waals surface area contributed by atoms with Crippen molar-refractivity contribution in [3.05, 3.63) is 35.4 Å². The van der Waals surface area contributed by atoms with E-state index < -0.39 is 0 Å². The van der Waals surface area contributed by atoms with Gasteiger partial charge in [0, 0.05) is 36.8 Å². The lowest BCUT2D eigenvalue weighted by molar-refractivity contribution is 0.0262. The fraction of sp³-hybridized carbons (Fsp3) is 0.647. The van der Waals surface area contributed by atoms with E-state index in [4.69, 9.17) is 0 Å². The average Bonchev–Trinajstić information content (AvgIpc) is 3.30. The van der Waals surface area contributed by atoms with Crippen LogP contribution in [0.15, 0.2) is 18.2 Å². The molecule has 4 heteroatoms. The first-order valence-corrected chi connectivity index (χ1v) is 7.95. The predicted molar refractivity (Wildman–Crippen MR) is 80.0 cm³/mol. The molecular formula is C17H24F2N2. The molecule has 3 rings (SSSR count). The van der Waals surface area contributed by atoms with Gasteiger partial charge in [-0.15, -0.1) is 0 Å². The van der Waals surface area contributed by atoms with Crippen molar-refractivity contribution in [3.8, 4) is 0 Å². The van der Waals surface area contributed by atoms with Crippen molar-refractivity contribution in [1.29, 1.82) is 0 Å². The molecule has 1 N–H and O–H groups in total. The van der Waals surface area contributed by atoms with Crippen LogP contribution in [0.3, 0.4) is 0 Å². The Hall–Kier alpha value is -1.00. The number of nitrogens with zero attached hydrogens (tertiary/aromatic N) is 1. The van der Waals surface area contributed by atoms with Gasteiger partial charge < -0.3 is 5.32 Å². The van der Waals surface area contributed by atoms with Gasteiger partial charge in [-0.3, -0.25) is 4.90 Å². The van der Waals surface area contributed by atoms with Crippen LogP contribution in [0, 0.1) is 17.6 Å². The lowest BCUT2D eigenvalue weighted by Gasteiger charge is -2.48. The Balaban J connectivity index is 1.83. The van der Waals surface area contributed by atoms with E-state index in [9.17, 15) is 8.78 Å². The standard InChI is InChI=1S/C17H24F2N2/c1-3-15-10-21(17(2,11-20-15)13-4-5-13)9-12-8-14(18)6-7-16(12)19/h6-8,13,15,20H,3-5,9-11H2,1-2H3. The first kappa shape index (κ1) is 14.9. The third-order valence-corrected chi connectivity index (χ3v) is 5.23. The Morgan fingerprint density at radius 3 is 2.76 bits per heavy atom. The highest BCUT2D eigenvalue weighted by Gasteiger charge is 2.48. The molecule has 2 atom stereocenters. The van der Waals surface area contributed by atoms with E-state index in [1.807, 2.05) is 0 Å². The quantitative estimate of drug-likeness (QED) is 0.916. The van der Waals surface area contributed by atoms with E-state index in [0.29, 0.717) is 24.1 Å². The van der Waals surface area contributed by atoms with E-state index in [1.54, 1.807) is 0 Å². The normalized spacial score (nSPS) is 30.6. The lowest BCUT2D eigenvalue weighted by Crippen LogP contribution is -2.63. The highest BCUT2D eigenvalue weighted by Crippen LogP contribution is 2.44. The molecule has 0 bridgehead atoms. The van der Waals surface area contributed by atoms with E-state index in [2.05, 4.69) is 24.1 Å². The van der Waals surface area contributed by atoms with E-state index in [0.717, 1.165) is 19.5 Å². The molecule has 116 valence electrons. The van der Waals surface area contributed by atoms with Crippen molar-refractivity contribution in [2.45, 2.75) is 51.2 Å².